The van der Waals surface area contributed by atoms with Crippen molar-refractivity contribution in [1.82, 2.24) is 0 Å². The number of carbonyl (C=O) groups is 1. The van der Waals surface area contributed by atoms with E-state index in [1.54, 1.807) is 6.92 Å². The molecule has 4 heteroatoms. The molecule has 0 spiro atoms. The summed E-state index contributed by atoms with van der Waals surface area (Å²) in [6.07, 6.45) is 0.635. The number of hydrogen-bond acceptors (Lipinski definition) is 3. The Balaban J connectivity index is 2.65. The third-order valence-electron chi connectivity index (χ3n) is 1.38. The van der Waals surface area contributed by atoms with Crippen LogP contribution in [-0.4, -0.2) is 12.0 Å². The summed E-state index contributed by atoms with van der Waals surface area (Å²) in [4.78, 5) is 10.1. The van der Waals surface area contributed by atoms with Gasteiger partial charge in [-0.05, 0) is 31.2 Å². The normalized spacial score (nSPS) is 11.1. The molecule has 1 aromatic carbocycles. The molecule has 0 atom stereocenters. The second kappa shape index (κ2) is 4.35. The van der Waals surface area contributed by atoms with Crippen LogP contribution >= 0.6 is 0 Å². The van der Waals surface area contributed by atoms with Gasteiger partial charge in [-0.2, -0.15) is 5.10 Å². The monoisotopic (exact) mass is 180 g/mol. The summed E-state index contributed by atoms with van der Waals surface area (Å²) >= 11 is 0. The number of anilines is 1. The molecule has 0 aliphatic heterocycles. The van der Waals surface area contributed by atoms with Gasteiger partial charge in [0.25, 0.3) is 0 Å². The van der Waals surface area contributed by atoms with E-state index in [1.807, 2.05) is 0 Å². The van der Waals surface area contributed by atoms with E-state index in [9.17, 15) is 9.18 Å². The van der Waals surface area contributed by atoms with Crippen LogP contribution in [0.3, 0.4) is 0 Å². The van der Waals surface area contributed by atoms with Crippen LogP contribution < -0.4 is 5.43 Å². The van der Waals surface area contributed by atoms with E-state index in [0.717, 1.165) is 0 Å². The molecule has 0 aliphatic rings. The minimum Gasteiger partial charge on any atom is -0.296 e. The van der Waals surface area contributed by atoms with E-state index in [2.05, 4.69) is 10.5 Å². The summed E-state index contributed by atoms with van der Waals surface area (Å²) in [6.45, 7) is 1.57. The van der Waals surface area contributed by atoms with Gasteiger partial charge >= 0.3 is 0 Å². The van der Waals surface area contributed by atoms with Gasteiger partial charge in [0.2, 0.25) is 0 Å². The highest BCUT2D eigenvalue weighted by Gasteiger charge is 1.91. The molecule has 0 saturated heterocycles. The lowest BCUT2D eigenvalue weighted by molar-refractivity contribution is -0.102. The average Bonchev–Trinajstić information content (AvgIpc) is 2.16. The zero-order chi connectivity index (χ0) is 9.68. The summed E-state index contributed by atoms with van der Waals surface area (Å²) in [5.74, 6) is -0.304. The van der Waals surface area contributed by atoms with Gasteiger partial charge in [-0.1, -0.05) is 0 Å². The molecule has 13 heavy (non-hydrogen) atoms. The number of halogens is 1. The van der Waals surface area contributed by atoms with Crippen molar-refractivity contribution in [3.8, 4) is 0 Å². The highest BCUT2D eigenvalue weighted by molar-refractivity contribution is 6.27. The molecule has 0 amide bonds. The number of hydrogen-bond donors (Lipinski definition) is 1. The van der Waals surface area contributed by atoms with E-state index in [4.69, 9.17) is 0 Å². The fraction of sp³-hybridized carbons (Fsp3) is 0.111. The van der Waals surface area contributed by atoms with Crippen LogP contribution in [0.5, 0.6) is 0 Å². The van der Waals surface area contributed by atoms with Gasteiger partial charge in [-0.15, -0.1) is 0 Å². The van der Waals surface area contributed by atoms with Crippen LogP contribution in [0, 0.1) is 5.82 Å². The first-order valence-corrected chi connectivity index (χ1v) is 3.73. The number of nitrogens with one attached hydrogen (secondary N) is 1. The number of hydrazone groups is 1. The SMILES string of the molecule is CC(C=O)=NNc1ccc(F)cc1. The van der Waals surface area contributed by atoms with Gasteiger partial charge < -0.3 is 0 Å². The Labute approximate surface area is 75.3 Å². The third-order valence-corrected chi connectivity index (χ3v) is 1.38. The molecule has 1 N–H and O–H groups in total. The lowest BCUT2D eigenvalue weighted by Gasteiger charge is -1.98. The van der Waals surface area contributed by atoms with Crippen LogP contribution in [0.25, 0.3) is 0 Å². The smallest absolute Gasteiger partial charge is 0.165 e. The molecule has 0 heterocycles. The maximum atomic E-state index is 12.4. The van der Waals surface area contributed by atoms with Crippen molar-refractivity contribution < 1.29 is 9.18 Å². The molecule has 1 rings (SSSR count). The molecular weight excluding hydrogens is 171 g/mol. The number of rotatable bonds is 3. The summed E-state index contributed by atoms with van der Waals surface area (Å²) in [5, 5.41) is 3.72. The number of nitrogens with zero attached hydrogens (tertiary/aromatic N) is 1. The molecule has 68 valence electrons. The Hall–Kier alpha value is -1.71. The van der Waals surface area contributed by atoms with Crippen molar-refractivity contribution >= 4 is 17.7 Å². The van der Waals surface area contributed by atoms with Gasteiger partial charge in [0.05, 0.1) is 11.4 Å². The van der Waals surface area contributed by atoms with Crippen LogP contribution in [0.1, 0.15) is 6.92 Å². The first kappa shape index (κ1) is 9.38. The topological polar surface area (TPSA) is 41.5 Å². The molecule has 0 unspecified atom stereocenters. The van der Waals surface area contributed by atoms with Gasteiger partial charge in [0, 0.05) is 0 Å². The number of benzene rings is 1. The van der Waals surface area contributed by atoms with Crippen LogP contribution in [0.15, 0.2) is 29.4 Å². The van der Waals surface area contributed by atoms with E-state index in [-0.39, 0.29) is 5.82 Å². The van der Waals surface area contributed by atoms with Crippen molar-refractivity contribution in [2.24, 2.45) is 5.10 Å². The summed E-state index contributed by atoms with van der Waals surface area (Å²) < 4.78 is 12.4. The predicted octanol–water partition coefficient (Wildman–Crippen LogP) is 1.81. The molecule has 3 nitrogen and oxygen atoms in total. The molecule has 1 aromatic rings. The molecule has 0 bridgehead atoms. The van der Waals surface area contributed by atoms with Crippen molar-refractivity contribution in [1.29, 1.82) is 0 Å². The van der Waals surface area contributed by atoms with E-state index >= 15 is 0 Å². The maximum absolute atomic E-state index is 12.4. The Morgan fingerprint density at radius 2 is 2.08 bits per heavy atom. The first-order chi connectivity index (χ1) is 6.22. The highest BCUT2D eigenvalue weighted by atomic mass is 19.1. The molecular formula is C9H9FN2O. The Morgan fingerprint density at radius 1 is 1.46 bits per heavy atom. The fourth-order valence-electron chi connectivity index (χ4n) is 0.704. The largest absolute Gasteiger partial charge is 0.296 e. The Kier molecular flexibility index (Phi) is 3.14. The molecule has 0 radical (unpaired) electrons. The molecule has 0 saturated carbocycles. The highest BCUT2D eigenvalue weighted by Crippen LogP contribution is 2.07. The minimum absolute atomic E-state index is 0.304. The predicted molar refractivity (Wildman–Crippen MR) is 49.2 cm³/mol. The average molecular weight is 180 g/mol. The van der Waals surface area contributed by atoms with Crippen molar-refractivity contribution in [2.45, 2.75) is 6.92 Å². The second-order valence-electron chi connectivity index (χ2n) is 2.49. The molecule has 0 aliphatic carbocycles. The van der Waals surface area contributed by atoms with Crippen molar-refractivity contribution in [2.75, 3.05) is 5.43 Å². The zero-order valence-corrected chi connectivity index (χ0v) is 7.12. The van der Waals surface area contributed by atoms with Crippen molar-refractivity contribution in [3.63, 3.8) is 0 Å². The standard InChI is InChI=1S/C9H9FN2O/c1-7(6-13)11-12-9-4-2-8(10)3-5-9/h2-6,12H,1H3. The zero-order valence-electron chi connectivity index (χ0n) is 7.12. The molecule has 0 fully saturated rings. The summed E-state index contributed by atoms with van der Waals surface area (Å²) in [5.41, 5.74) is 3.59. The number of aldehydes is 1. The van der Waals surface area contributed by atoms with Gasteiger partial charge in [-0.25, -0.2) is 4.39 Å². The van der Waals surface area contributed by atoms with Gasteiger partial charge in [0.1, 0.15) is 5.82 Å². The van der Waals surface area contributed by atoms with Gasteiger partial charge in [0.15, 0.2) is 6.29 Å². The second-order valence-corrected chi connectivity index (χ2v) is 2.49. The first-order valence-electron chi connectivity index (χ1n) is 3.73. The quantitative estimate of drug-likeness (QED) is 0.438. The Morgan fingerprint density at radius 3 is 2.62 bits per heavy atom. The third kappa shape index (κ3) is 3.02. The van der Waals surface area contributed by atoms with Gasteiger partial charge in [-0.3, -0.25) is 10.2 Å². The Bertz CT molecular complexity index is 319. The minimum atomic E-state index is -0.304. The summed E-state index contributed by atoms with van der Waals surface area (Å²) in [6, 6.07) is 5.70. The van der Waals surface area contributed by atoms with E-state index in [1.165, 1.54) is 24.3 Å². The van der Waals surface area contributed by atoms with E-state index in [0.29, 0.717) is 17.7 Å². The van der Waals surface area contributed by atoms with Crippen LogP contribution in [0.4, 0.5) is 10.1 Å². The lowest BCUT2D eigenvalue weighted by atomic mass is 10.3. The van der Waals surface area contributed by atoms with Crippen LogP contribution in [-0.2, 0) is 4.79 Å². The van der Waals surface area contributed by atoms with Crippen molar-refractivity contribution in [3.05, 3.63) is 30.1 Å². The summed E-state index contributed by atoms with van der Waals surface area (Å²) in [7, 11) is 0. The lowest BCUT2D eigenvalue weighted by Crippen LogP contribution is -1.97. The fourth-order valence-corrected chi connectivity index (χ4v) is 0.704. The number of carbonyl (C=O) groups excluding carboxylic acids is 1. The van der Waals surface area contributed by atoms with E-state index < -0.39 is 0 Å². The molecule has 0 aromatic heterocycles. The maximum Gasteiger partial charge on any atom is 0.165 e. The van der Waals surface area contributed by atoms with Crippen LogP contribution in [0.2, 0.25) is 0 Å².